The van der Waals surface area contributed by atoms with Crippen LogP contribution in [0.15, 0.2) is 41.3 Å². The van der Waals surface area contributed by atoms with E-state index in [2.05, 4.69) is 4.90 Å². The van der Waals surface area contributed by atoms with Crippen molar-refractivity contribution in [2.24, 2.45) is 0 Å². The van der Waals surface area contributed by atoms with E-state index in [1.807, 2.05) is 6.07 Å². The molecule has 1 unspecified atom stereocenters. The minimum Gasteiger partial charge on any atom is -0.465 e. The number of nitrogens with zero attached hydrogens (tertiary/aromatic N) is 3. The first kappa shape index (κ1) is 24.9. The van der Waals surface area contributed by atoms with Gasteiger partial charge in [0.15, 0.2) is 0 Å². The second-order valence-corrected chi connectivity index (χ2v) is 9.35. The monoisotopic (exact) mass is 513 g/mol. The summed E-state index contributed by atoms with van der Waals surface area (Å²) >= 11 is 12.0. The highest BCUT2D eigenvalue weighted by Crippen LogP contribution is 2.28. The van der Waals surface area contributed by atoms with Gasteiger partial charge in [0.25, 0.3) is 11.6 Å². The van der Waals surface area contributed by atoms with Crippen LogP contribution in [0, 0.1) is 10.1 Å². The molecule has 1 atom stereocenters. The second kappa shape index (κ2) is 11.0. The van der Waals surface area contributed by atoms with Gasteiger partial charge in [-0.3, -0.25) is 23.9 Å². The van der Waals surface area contributed by atoms with Crippen LogP contribution in [0.4, 0.5) is 11.4 Å². The summed E-state index contributed by atoms with van der Waals surface area (Å²) in [4.78, 5) is 38.9. The van der Waals surface area contributed by atoms with Crippen molar-refractivity contribution in [1.29, 1.82) is 0 Å². The third-order valence-corrected chi connectivity index (χ3v) is 7.11. The average molecular weight is 514 g/mol. The van der Waals surface area contributed by atoms with E-state index in [1.165, 1.54) is 12.1 Å². The standard InChI is InChI=1S/C21H21Cl2N3O6S/c1-2-32-20(27)13-33(31)19-6-3-14(11-18(19)26(29)30)21(28)25-9-7-24(8-10-25)15-4-5-16(22)17(23)12-15/h3-6,11-12H,2,7-10,13H2,1H3. The van der Waals surface area contributed by atoms with Crippen LogP contribution in [-0.2, 0) is 20.3 Å². The lowest BCUT2D eigenvalue weighted by molar-refractivity contribution is -0.387. The van der Waals surface area contributed by atoms with Crippen LogP contribution < -0.4 is 4.90 Å². The molecule has 176 valence electrons. The number of piperazine rings is 1. The SMILES string of the molecule is CCOC(=O)CS(=O)c1ccc(C(=O)N2CCN(c3ccc(Cl)c(Cl)c3)CC2)cc1[N+](=O)[O-]. The van der Waals surface area contributed by atoms with Gasteiger partial charge >= 0.3 is 5.97 Å². The van der Waals surface area contributed by atoms with E-state index in [0.717, 1.165) is 11.8 Å². The molecule has 0 saturated carbocycles. The van der Waals surface area contributed by atoms with Gasteiger partial charge in [0.05, 0.1) is 32.4 Å². The smallest absolute Gasteiger partial charge is 0.318 e. The van der Waals surface area contributed by atoms with Crippen LogP contribution in [0.1, 0.15) is 17.3 Å². The maximum absolute atomic E-state index is 13.0. The Balaban J connectivity index is 1.71. The van der Waals surface area contributed by atoms with E-state index in [4.69, 9.17) is 27.9 Å². The van der Waals surface area contributed by atoms with Crippen molar-refractivity contribution < 1.29 is 23.5 Å². The molecule has 9 nitrogen and oxygen atoms in total. The van der Waals surface area contributed by atoms with Crippen LogP contribution in [0.5, 0.6) is 0 Å². The van der Waals surface area contributed by atoms with Gasteiger partial charge in [-0.25, -0.2) is 0 Å². The Hall–Kier alpha value is -2.69. The molecule has 1 amide bonds. The van der Waals surface area contributed by atoms with E-state index in [0.29, 0.717) is 36.2 Å². The lowest BCUT2D eigenvalue weighted by atomic mass is 10.1. The predicted molar refractivity (Wildman–Crippen MR) is 126 cm³/mol. The van der Waals surface area contributed by atoms with Gasteiger partial charge in [-0.1, -0.05) is 23.2 Å². The molecule has 0 spiro atoms. The number of carbonyl (C=O) groups is 2. The number of rotatable bonds is 7. The van der Waals surface area contributed by atoms with Crippen molar-refractivity contribution >= 4 is 57.3 Å². The summed E-state index contributed by atoms with van der Waals surface area (Å²) in [7, 11) is -1.97. The van der Waals surface area contributed by atoms with Gasteiger partial charge in [-0.05, 0) is 37.3 Å². The van der Waals surface area contributed by atoms with E-state index in [-0.39, 0.29) is 23.0 Å². The molecular weight excluding hydrogens is 493 g/mol. The van der Waals surface area contributed by atoms with Gasteiger partial charge in [0.2, 0.25) is 0 Å². The fourth-order valence-electron chi connectivity index (χ4n) is 3.41. The second-order valence-electron chi connectivity index (χ2n) is 7.11. The van der Waals surface area contributed by atoms with Crippen LogP contribution >= 0.6 is 23.2 Å². The Morgan fingerprint density at radius 2 is 1.79 bits per heavy atom. The van der Waals surface area contributed by atoms with Gasteiger partial charge in [-0.15, -0.1) is 0 Å². The van der Waals surface area contributed by atoms with Crippen LogP contribution in [0.2, 0.25) is 10.0 Å². The van der Waals surface area contributed by atoms with E-state index >= 15 is 0 Å². The Morgan fingerprint density at radius 3 is 2.39 bits per heavy atom. The minimum absolute atomic E-state index is 0.113. The molecule has 1 heterocycles. The van der Waals surface area contributed by atoms with Crippen LogP contribution in [0.25, 0.3) is 0 Å². The molecule has 0 bridgehead atoms. The molecule has 2 aromatic rings. The molecular formula is C21H21Cl2N3O6S. The highest BCUT2D eigenvalue weighted by molar-refractivity contribution is 7.85. The zero-order chi connectivity index (χ0) is 24.1. The van der Waals surface area contributed by atoms with Crippen molar-refractivity contribution in [3.8, 4) is 0 Å². The highest BCUT2D eigenvalue weighted by atomic mass is 35.5. The summed E-state index contributed by atoms with van der Waals surface area (Å²) in [6, 6.07) is 9.07. The number of nitro benzene ring substituents is 1. The van der Waals surface area contributed by atoms with Crippen molar-refractivity contribution in [1.82, 2.24) is 4.90 Å². The maximum Gasteiger partial charge on any atom is 0.318 e. The number of nitro groups is 1. The van der Waals surface area contributed by atoms with Crippen molar-refractivity contribution in [3.05, 3.63) is 62.1 Å². The molecule has 1 aliphatic heterocycles. The molecule has 3 rings (SSSR count). The van der Waals surface area contributed by atoms with E-state index in [1.54, 1.807) is 24.0 Å². The molecule has 0 radical (unpaired) electrons. The lowest BCUT2D eigenvalue weighted by Gasteiger charge is -2.36. The zero-order valence-electron chi connectivity index (χ0n) is 17.7. The first-order valence-corrected chi connectivity index (χ1v) is 12.1. The molecule has 1 saturated heterocycles. The molecule has 12 heteroatoms. The Labute approximate surface area is 202 Å². The minimum atomic E-state index is -1.97. The Kier molecular flexibility index (Phi) is 8.28. The summed E-state index contributed by atoms with van der Waals surface area (Å²) in [5, 5.41) is 12.4. The number of esters is 1. The topological polar surface area (TPSA) is 110 Å². The van der Waals surface area contributed by atoms with Crippen molar-refractivity contribution in [2.75, 3.05) is 43.4 Å². The molecule has 0 N–H and O–H groups in total. The zero-order valence-corrected chi connectivity index (χ0v) is 20.0. The van der Waals surface area contributed by atoms with Crippen molar-refractivity contribution in [3.63, 3.8) is 0 Å². The van der Waals surface area contributed by atoms with E-state index in [9.17, 15) is 23.9 Å². The fourth-order valence-corrected chi connectivity index (χ4v) is 4.74. The molecule has 1 fully saturated rings. The molecule has 1 aliphatic rings. The molecule has 0 aliphatic carbocycles. The number of hydrogen-bond acceptors (Lipinski definition) is 7. The van der Waals surface area contributed by atoms with Crippen LogP contribution in [-0.4, -0.2) is 64.4 Å². The van der Waals surface area contributed by atoms with Crippen molar-refractivity contribution in [2.45, 2.75) is 11.8 Å². The number of carbonyl (C=O) groups excluding carboxylic acids is 2. The van der Waals surface area contributed by atoms with Crippen LogP contribution in [0.3, 0.4) is 0 Å². The lowest BCUT2D eigenvalue weighted by Crippen LogP contribution is -2.48. The molecule has 2 aromatic carbocycles. The van der Waals surface area contributed by atoms with Gasteiger partial charge < -0.3 is 14.5 Å². The number of hydrogen-bond donors (Lipinski definition) is 0. The predicted octanol–water partition coefficient (Wildman–Crippen LogP) is 3.53. The van der Waals surface area contributed by atoms with E-state index < -0.39 is 33.1 Å². The quantitative estimate of drug-likeness (QED) is 0.316. The Morgan fingerprint density at radius 1 is 1.09 bits per heavy atom. The normalized spacial score (nSPS) is 14.6. The number of ether oxygens (including phenoxy) is 1. The fraction of sp³-hybridized carbons (Fsp3) is 0.333. The summed E-state index contributed by atoms with van der Waals surface area (Å²) in [5.74, 6) is -1.58. The largest absolute Gasteiger partial charge is 0.465 e. The number of benzene rings is 2. The maximum atomic E-state index is 13.0. The van der Waals surface area contributed by atoms with Gasteiger partial charge in [-0.2, -0.15) is 0 Å². The summed E-state index contributed by atoms with van der Waals surface area (Å²) in [6.07, 6.45) is 0. The third kappa shape index (κ3) is 6.01. The first-order chi connectivity index (χ1) is 15.7. The molecule has 0 aromatic heterocycles. The number of anilines is 1. The van der Waals surface area contributed by atoms with Gasteiger partial charge in [0.1, 0.15) is 10.6 Å². The summed E-state index contributed by atoms with van der Waals surface area (Å²) < 4.78 is 17.2. The number of amides is 1. The molecule has 33 heavy (non-hydrogen) atoms. The van der Waals surface area contributed by atoms with Gasteiger partial charge in [0, 0.05) is 43.5 Å². The third-order valence-electron chi connectivity index (χ3n) is 5.04. The average Bonchev–Trinajstić information content (AvgIpc) is 2.80. The first-order valence-electron chi connectivity index (χ1n) is 10.0. The summed E-state index contributed by atoms with van der Waals surface area (Å²) in [6.45, 7) is 3.63. The summed E-state index contributed by atoms with van der Waals surface area (Å²) in [5.41, 5.74) is 0.528. The highest BCUT2D eigenvalue weighted by Gasteiger charge is 2.27. The number of halogens is 2. The Bertz CT molecular complexity index is 1110.